The fourth-order valence-corrected chi connectivity index (χ4v) is 3.93. The summed E-state index contributed by atoms with van der Waals surface area (Å²) in [5.74, 6) is -1.19. The van der Waals surface area contributed by atoms with Crippen LogP contribution in [0.15, 0.2) is 29.8 Å². The van der Waals surface area contributed by atoms with Gasteiger partial charge in [0.25, 0.3) is 10.1 Å². The van der Waals surface area contributed by atoms with Gasteiger partial charge in [-0.1, -0.05) is 0 Å². The quantitative estimate of drug-likeness (QED) is 0.567. The highest BCUT2D eigenvalue weighted by Crippen LogP contribution is 2.31. The summed E-state index contributed by atoms with van der Waals surface area (Å²) in [7, 11) is -4.18. The Kier molecular flexibility index (Phi) is 6.04. The summed E-state index contributed by atoms with van der Waals surface area (Å²) in [5.41, 5.74) is 0.795. The van der Waals surface area contributed by atoms with E-state index in [-0.39, 0.29) is 30.9 Å². The molecule has 156 valence electrons. The number of piperidine rings is 1. The monoisotopic (exact) mass is 427 g/mol. The molecular formula is C18H19F2N3O5S. The van der Waals surface area contributed by atoms with Crippen LogP contribution in [0.1, 0.15) is 12.8 Å². The largest absolute Gasteiger partial charge is 0.444 e. The van der Waals surface area contributed by atoms with Crippen LogP contribution in [0.3, 0.4) is 0 Å². The van der Waals surface area contributed by atoms with Gasteiger partial charge in [0, 0.05) is 19.0 Å². The van der Waals surface area contributed by atoms with Crippen LogP contribution in [-0.2, 0) is 14.9 Å². The number of anilines is 2. The number of nitriles is 1. The number of benzene rings is 1. The molecular weight excluding hydrogens is 408 g/mol. The normalized spacial score (nSPS) is 23.9. The summed E-state index contributed by atoms with van der Waals surface area (Å²) in [6.07, 6.45) is -1.44. The van der Waals surface area contributed by atoms with E-state index >= 15 is 0 Å². The van der Waals surface area contributed by atoms with Gasteiger partial charge in [-0.05, 0) is 30.2 Å². The molecule has 2 saturated heterocycles. The maximum Gasteiger partial charge on any atom is 0.414 e. The van der Waals surface area contributed by atoms with Gasteiger partial charge in [-0.15, -0.1) is 0 Å². The van der Waals surface area contributed by atoms with Crippen molar-refractivity contribution in [2.24, 2.45) is 0 Å². The molecule has 1 amide bonds. The lowest BCUT2D eigenvalue weighted by Crippen LogP contribution is -2.38. The molecule has 3 rings (SSSR count). The number of carbonyl (C=O) groups excluding carboxylic acids is 1. The minimum Gasteiger partial charge on any atom is -0.444 e. The van der Waals surface area contributed by atoms with Crippen molar-refractivity contribution in [3.63, 3.8) is 0 Å². The Morgan fingerprint density at radius 2 is 2.14 bits per heavy atom. The standard InChI is InChI=1S/C18H19F2N3O5S/c19-15-9-13(23-10-14(28-18(23)24)5-8-29(25,26)27)1-2-17(15)22-7-4-12(3-6-21)16(20)11-22/h1-3,9,14,16H,4-5,7-8,10-11H2,(H,25,26,27)/t14?,16-/m0/s1. The van der Waals surface area contributed by atoms with Crippen LogP contribution in [0, 0.1) is 17.1 Å². The van der Waals surface area contributed by atoms with Gasteiger partial charge in [0.15, 0.2) is 0 Å². The smallest absolute Gasteiger partial charge is 0.414 e. The number of halogens is 2. The predicted octanol–water partition coefficient (Wildman–Crippen LogP) is 2.43. The van der Waals surface area contributed by atoms with Gasteiger partial charge in [-0.2, -0.15) is 13.7 Å². The fourth-order valence-electron chi connectivity index (χ4n) is 3.37. The second-order valence-electron chi connectivity index (χ2n) is 6.84. The molecule has 1 N–H and O–H groups in total. The Morgan fingerprint density at radius 1 is 1.38 bits per heavy atom. The van der Waals surface area contributed by atoms with E-state index in [0.717, 1.165) is 6.07 Å². The van der Waals surface area contributed by atoms with Crippen molar-refractivity contribution in [3.8, 4) is 6.07 Å². The molecule has 2 aliphatic heterocycles. The minimum atomic E-state index is -4.18. The van der Waals surface area contributed by atoms with Gasteiger partial charge < -0.3 is 9.64 Å². The topological polar surface area (TPSA) is 111 Å². The highest BCUT2D eigenvalue weighted by Gasteiger charge is 2.34. The number of hydrogen-bond acceptors (Lipinski definition) is 6. The molecule has 0 bridgehead atoms. The van der Waals surface area contributed by atoms with E-state index in [1.54, 1.807) is 6.07 Å². The van der Waals surface area contributed by atoms with Crippen molar-refractivity contribution in [1.29, 1.82) is 5.26 Å². The number of ether oxygens (including phenoxy) is 1. The Hall–Kier alpha value is -2.71. The molecule has 11 heteroatoms. The lowest BCUT2D eigenvalue weighted by atomic mass is 10.0. The van der Waals surface area contributed by atoms with Gasteiger partial charge >= 0.3 is 6.09 Å². The highest BCUT2D eigenvalue weighted by atomic mass is 32.2. The summed E-state index contributed by atoms with van der Waals surface area (Å²) in [6, 6.07) is 5.88. The molecule has 2 heterocycles. The zero-order chi connectivity index (χ0) is 21.2. The fraction of sp³-hybridized carbons (Fsp3) is 0.444. The molecule has 2 fully saturated rings. The minimum absolute atomic E-state index is 0.0196. The van der Waals surface area contributed by atoms with Crippen molar-refractivity contribution >= 4 is 27.6 Å². The molecule has 1 aromatic carbocycles. The van der Waals surface area contributed by atoms with Crippen molar-refractivity contribution in [3.05, 3.63) is 35.7 Å². The van der Waals surface area contributed by atoms with Crippen LogP contribution in [0.25, 0.3) is 0 Å². The molecule has 0 saturated carbocycles. The number of rotatable bonds is 5. The SMILES string of the molecule is N#CC=C1CCN(c2ccc(N3CC(CCS(=O)(=O)O)OC3=O)cc2F)C[C@@H]1F. The van der Waals surface area contributed by atoms with Crippen LogP contribution in [0.4, 0.5) is 25.0 Å². The Balaban J connectivity index is 1.69. The molecule has 2 aliphatic rings. The first-order chi connectivity index (χ1) is 13.7. The molecule has 29 heavy (non-hydrogen) atoms. The second kappa shape index (κ2) is 8.34. The van der Waals surface area contributed by atoms with Crippen molar-refractivity contribution in [2.45, 2.75) is 25.1 Å². The number of alkyl halides is 1. The third kappa shape index (κ3) is 5.02. The molecule has 0 aromatic heterocycles. The van der Waals surface area contributed by atoms with Crippen molar-refractivity contribution in [2.75, 3.05) is 35.2 Å². The maximum atomic E-state index is 14.7. The molecule has 2 atom stereocenters. The Morgan fingerprint density at radius 3 is 2.76 bits per heavy atom. The molecule has 1 unspecified atom stereocenters. The van der Waals surface area contributed by atoms with E-state index < -0.39 is 40.1 Å². The Labute approximate surface area is 166 Å². The van der Waals surface area contributed by atoms with Gasteiger partial charge in [-0.3, -0.25) is 9.45 Å². The number of hydrogen-bond donors (Lipinski definition) is 1. The lowest BCUT2D eigenvalue weighted by Gasteiger charge is -2.32. The number of allylic oxidation sites excluding steroid dienone is 1. The molecule has 0 spiro atoms. The maximum absolute atomic E-state index is 14.7. The third-order valence-corrected chi connectivity index (χ3v) is 5.61. The van der Waals surface area contributed by atoms with Crippen LogP contribution in [-0.4, -0.2) is 56.7 Å². The lowest BCUT2D eigenvalue weighted by molar-refractivity contribution is 0.139. The predicted molar refractivity (Wildman–Crippen MR) is 100 cm³/mol. The van der Waals surface area contributed by atoms with Gasteiger partial charge in [0.1, 0.15) is 18.1 Å². The van der Waals surface area contributed by atoms with Crippen LogP contribution < -0.4 is 9.80 Å². The van der Waals surface area contributed by atoms with Crippen molar-refractivity contribution < 1.29 is 31.3 Å². The van der Waals surface area contributed by atoms with E-state index in [1.165, 1.54) is 28.0 Å². The average molecular weight is 427 g/mol. The van der Waals surface area contributed by atoms with Crippen LogP contribution in [0.5, 0.6) is 0 Å². The summed E-state index contributed by atoms with van der Waals surface area (Å²) >= 11 is 0. The molecule has 0 radical (unpaired) electrons. The molecule has 1 aromatic rings. The van der Waals surface area contributed by atoms with Crippen LogP contribution >= 0.6 is 0 Å². The summed E-state index contributed by atoms with van der Waals surface area (Å²) in [5, 5.41) is 8.66. The average Bonchev–Trinajstić information content (AvgIpc) is 3.02. The summed E-state index contributed by atoms with van der Waals surface area (Å²) in [4.78, 5) is 14.7. The van der Waals surface area contributed by atoms with E-state index in [9.17, 15) is 22.0 Å². The zero-order valence-electron chi connectivity index (χ0n) is 15.3. The van der Waals surface area contributed by atoms with E-state index in [4.69, 9.17) is 14.6 Å². The molecule has 8 nitrogen and oxygen atoms in total. The molecule has 0 aliphatic carbocycles. The number of carbonyl (C=O) groups is 1. The Bertz CT molecular complexity index is 976. The number of cyclic esters (lactones) is 1. The van der Waals surface area contributed by atoms with E-state index in [1.807, 2.05) is 0 Å². The van der Waals surface area contributed by atoms with Gasteiger partial charge in [0.05, 0.1) is 36.3 Å². The summed E-state index contributed by atoms with van der Waals surface area (Å²) in [6.45, 7) is 0.298. The zero-order valence-corrected chi connectivity index (χ0v) is 16.1. The van der Waals surface area contributed by atoms with E-state index in [0.29, 0.717) is 18.5 Å². The first-order valence-corrected chi connectivity index (χ1v) is 10.5. The highest BCUT2D eigenvalue weighted by molar-refractivity contribution is 7.85. The van der Waals surface area contributed by atoms with Crippen LogP contribution in [0.2, 0.25) is 0 Å². The number of nitrogens with zero attached hydrogens (tertiary/aromatic N) is 3. The summed E-state index contributed by atoms with van der Waals surface area (Å²) < 4.78 is 64.4. The van der Waals surface area contributed by atoms with E-state index in [2.05, 4.69) is 0 Å². The second-order valence-corrected chi connectivity index (χ2v) is 8.41. The first-order valence-electron chi connectivity index (χ1n) is 8.88. The van der Waals surface area contributed by atoms with Crippen molar-refractivity contribution in [1.82, 2.24) is 0 Å². The third-order valence-electron chi connectivity index (χ3n) is 4.86. The van der Waals surface area contributed by atoms with Gasteiger partial charge in [-0.25, -0.2) is 13.6 Å². The van der Waals surface area contributed by atoms with Gasteiger partial charge in [0.2, 0.25) is 0 Å². The first kappa shape index (κ1) is 21.0. The number of amides is 1.